The Balaban J connectivity index is 2.16. The molecular formula is C13H12ClFN2O3. The zero-order valence-corrected chi connectivity index (χ0v) is 11.3. The van der Waals surface area contributed by atoms with E-state index in [1.807, 2.05) is 0 Å². The number of rotatable bonds is 4. The van der Waals surface area contributed by atoms with Gasteiger partial charge in [-0.1, -0.05) is 22.8 Å². The summed E-state index contributed by atoms with van der Waals surface area (Å²) in [5.41, 5.74) is 0.498. The first-order valence-electron chi connectivity index (χ1n) is 5.81. The molecule has 106 valence electrons. The minimum absolute atomic E-state index is 0.0242. The Morgan fingerprint density at radius 2 is 2.30 bits per heavy atom. The number of aromatic nitrogens is 1. The molecule has 1 heterocycles. The Labute approximate surface area is 119 Å². The highest BCUT2D eigenvalue weighted by Crippen LogP contribution is 2.20. The van der Waals surface area contributed by atoms with Gasteiger partial charge in [0, 0.05) is 6.07 Å². The van der Waals surface area contributed by atoms with E-state index in [9.17, 15) is 14.3 Å². The van der Waals surface area contributed by atoms with Crippen molar-refractivity contribution in [1.82, 2.24) is 10.5 Å². The van der Waals surface area contributed by atoms with Gasteiger partial charge in [0.15, 0.2) is 5.69 Å². The van der Waals surface area contributed by atoms with E-state index in [0.29, 0.717) is 11.3 Å². The number of aryl methyl sites for hydroxylation is 1. The second-order valence-electron chi connectivity index (χ2n) is 4.20. The van der Waals surface area contributed by atoms with Crippen molar-refractivity contribution in [3.63, 3.8) is 0 Å². The molecule has 0 spiro atoms. The molecule has 5 nitrogen and oxygen atoms in total. The maximum atomic E-state index is 13.4. The Hall–Kier alpha value is -1.92. The molecule has 1 aromatic heterocycles. The number of aliphatic hydroxyl groups excluding tert-OH is 1. The van der Waals surface area contributed by atoms with Crippen LogP contribution in [0.1, 0.15) is 27.9 Å². The lowest BCUT2D eigenvalue weighted by molar-refractivity contribution is 0.0907. The Morgan fingerprint density at radius 3 is 2.85 bits per heavy atom. The van der Waals surface area contributed by atoms with E-state index in [4.69, 9.17) is 16.1 Å². The fourth-order valence-electron chi connectivity index (χ4n) is 1.67. The van der Waals surface area contributed by atoms with Gasteiger partial charge in [0.2, 0.25) is 0 Å². The third-order valence-corrected chi connectivity index (χ3v) is 3.00. The smallest absolute Gasteiger partial charge is 0.274 e. The summed E-state index contributed by atoms with van der Waals surface area (Å²) in [4.78, 5) is 11.9. The summed E-state index contributed by atoms with van der Waals surface area (Å²) in [6.07, 6.45) is 0. The highest BCUT2D eigenvalue weighted by molar-refractivity contribution is 6.30. The van der Waals surface area contributed by atoms with Gasteiger partial charge in [-0.05, 0) is 24.6 Å². The van der Waals surface area contributed by atoms with Crippen molar-refractivity contribution < 1.29 is 18.8 Å². The van der Waals surface area contributed by atoms with Gasteiger partial charge in [0.1, 0.15) is 11.6 Å². The number of hydrogen-bond donors (Lipinski definition) is 2. The van der Waals surface area contributed by atoms with Gasteiger partial charge in [0.05, 0.1) is 17.7 Å². The number of aliphatic hydroxyl groups is 1. The van der Waals surface area contributed by atoms with Crippen molar-refractivity contribution in [3.05, 3.63) is 52.1 Å². The second kappa shape index (κ2) is 6.02. The number of amides is 1. The molecule has 0 saturated carbocycles. The fourth-order valence-corrected chi connectivity index (χ4v) is 1.79. The lowest BCUT2D eigenvalue weighted by Crippen LogP contribution is -2.31. The van der Waals surface area contributed by atoms with E-state index < -0.39 is 17.8 Å². The lowest BCUT2D eigenvalue weighted by Gasteiger charge is -2.16. The first-order chi connectivity index (χ1) is 9.51. The number of benzene rings is 1. The molecule has 1 aromatic carbocycles. The molecule has 7 heteroatoms. The summed E-state index contributed by atoms with van der Waals surface area (Å²) >= 11 is 5.59. The molecule has 0 bridgehead atoms. The number of carbonyl (C=O) groups excluding carboxylic acids is 1. The molecule has 2 N–H and O–H groups in total. The van der Waals surface area contributed by atoms with Crippen LogP contribution >= 0.6 is 11.6 Å². The predicted octanol–water partition coefficient (Wildman–Crippen LogP) is 2.24. The predicted molar refractivity (Wildman–Crippen MR) is 69.9 cm³/mol. The lowest BCUT2D eigenvalue weighted by atomic mass is 10.1. The molecule has 2 aromatic rings. The number of carbonyl (C=O) groups is 1. The maximum absolute atomic E-state index is 13.4. The van der Waals surface area contributed by atoms with Crippen molar-refractivity contribution in [2.24, 2.45) is 0 Å². The van der Waals surface area contributed by atoms with E-state index in [2.05, 4.69) is 10.5 Å². The molecule has 1 atom stereocenters. The zero-order valence-electron chi connectivity index (χ0n) is 10.6. The van der Waals surface area contributed by atoms with Gasteiger partial charge in [-0.3, -0.25) is 4.79 Å². The van der Waals surface area contributed by atoms with Crippen LogP contribution in [-0.2, 0) is 0 Å². The van der Waals surface area contributed by atoms with E-state index in [1.54, 1.807) is 6.92 Å². The Morgan fingerprint density at radius 1 is 1.55 bits per heavy atom. The normalized spacial score (nSPS) is 12.2. The maximum Gasteiger partial charge on any atom is 0.274 e. The molecule has 0 fully saturated rings. The molecule has 2 rings (SSSR count). The molecular weight excluding hydrogens is 287 g/mol. The van der Waals surface area contributed by atoms with Crippen LogP contribution in [-0.4, -0.2) is 22.8 Å². The van der Waals surface area contributed by atoms with Crippen LogP contribution in [0.2, 0.25) is 5.02 Å². The fraction of sp³-hybridized carbons (Fsp3) is 0.231. The topological polar surface area (TPSA) is 75.4 Å². The average molecular weight is 299 g/mol. The minimum Gasteiger partial charge on any atom is -0.394 e. The number of hydrogen-bond acceptors (Lipinski definition) is 4. The Kier molecular flexibility index (Phi) is 4.36. The summed E-state index contributed by atoms with van der Waals surface area (Å²) in [5.74, 6) is -0.640. The molecule has 1 unspecified atom stereocenters. The quantitative estimate of drug-likeness (QED) is 0.907. The first-order valence-corrected chi connectivity index (χ1v) is 6.19. The van der Waals surface area contributed by atoms with Gasteiger partial charge in [-0.2, -0.15) is 0 Å². The summed E-state index contributed by atoms with van der Waals surface area (Å²) in [5, 5.41) is 15.4. The summed E-state index contributed by atoms with van der Waals surface area (Å²) in [6.45, 7) is 1.27. The zero-order chi connectivity index (χ0) is 14.7. The Bertz CT molecular complexity index is 630. The summed E-state index contributed by atoms with van der Waals surface area (Å²) < 4.78 is 18.2. The van der Waals surface area contributed by atoms with Crippen molar-refractivity contribution in [3.8, 4) is 0 Å². The van der Waals surface area contributed by atoms with Crippen molar-refractivity contribution in [2.45, 2.75) is 13.0 Å². The molecule has 1 amide bonds. The minimum atomic E-state index is -0.758. The highest BCUT2D eigenvalue weighted by Gasteiger charge is 2.18. The van der Waals surface area contributed by atoms with Crippen LogP contribution in [0, 0.1) is 12.7 Å². The van der Waals surface area contributed by atoms with E-state index in [-0.39, 0.29) is 17.3 Å². The van der Waals surface area contributed by atoms with Gasteiger partial charge in [-0.25, -0.2) is 4.39 Å². The van der Waals surface area contributed by atoms with E-state index >= 15 is 0 Å². The molecule has 20 heavy (non-hydrogen) atoms. The third-order valence-electron chi connectivity index (χ3n) is 2.69. The monoisotopic (exact) mass is 298 g/mol. The van der Waals surface area contributed by atoms with Crippen molar-refractivity contribution >= 4 is 17.5 Å². The van der Waals surface area contributed by atoms with Gasteiger partial charge in [0.25, 0.3) is 5.91 Å². The molecule has 0 aliphatic rings. The van der Waals surface area contributed by atoms with Crippen LogP contribution < -0.4 is 5.32 Å². The number of nitrogens with zero attached hydrogens (tertiary/aromatic N) is 1. The SMILES string of the molecule is Cc1cc(C(=O)NC(CO)c2ccc(Cl)c(F)c2)no1. The van der Waals surface area contributed by atoms with Gasteiger partial charge in [-0.15, -0.1) is 0 Å². The largest absolute Gasteiger partial charge is 0.394 e. The number of halogens is 2. The van der Waals surface area contributed by atoms with Crippen LogP contribution in [0.25, 0.3) is 0 Å². The number of nitrogens with one attached hydrogen (secondary N) is 1. The van der Waals surface area contributed by atoms with Crippen molar-refractivity contribution in [2.75, 3.05) is 6.61 Å². The molecule has 0 aliphatic carbocycles. The van der Waals surface area contributed by atoms with E-state index in [0.717, 1.165) is 6.07 Å². The van der Waals surface area contributed by atoms with Crippen LogP contribution in [0.4, 0.5) is 4.39 Å². The molecule has 0 radical (unpaired) electrons. The summed E-state index contributed by atoms with van der Waals surface area (Å²) in [7, 11) is 0. The van der Waals surface area contributed by atoms with Gasteiger partial charge >= 0.3 is 0 Å². The van der Waals surface area contributed by atoms with Crippen molar-refractivity contribution in [1.29, 1.82) is 0 Å². The van der Waals surface area contributed by atoms with Crippen LogP contribution in [0.15, 0.2) is 28.8 Å². The third kappa shape index (κ3) is 3.15. The standard InChI is InChI=1S/C13H12ClFN2O3/c1-7-4-11(17-20-7)13(19)16-12(6-18)8-2-3-9(14)10(15)5-8/h2-5,12,18H,6H2,1H3,(H,16,19). The second-order valence-corrected chi connectivity index (χ2v) is 4.61. The first kappa shape index (κ1) is 14.5. The molecule has 0 saturated heterocycles. The van der Waals surface area contributed by atoms with Crippen LogP contribution in [0.5, 0.6) is 0 Å². The highest BCUT2D eigenvalue weighted by atomic mass is 35.5. The van der Waals surface area contributed by atoms with Gasteiger partial charge < -0.3 is 14.9 Å². The van der Waals surface area contributed by atoms with E-state index in [1.165, 1.54) is 18.2 Å². The average Bonchev–Trinajstić information content (AvgIpc) is 2.86. The summed E-state index contributed by atoms with van der Waals surface area (Å²) in [6, 6.07) is 4.76. The van der Waals surface area contributed by atoms with Crippen LogP contribution in [0.3, 0.4) is 0 Å². The molecule has 0 aliphatic heterocycles.